The maximum Gasteiger partial charge on any atom is 0.252 e. The van der Waals surface area contributed by atoms with Crippen LogP contribution in [0, 0.1) is 11.3 Å². The first kappa shape index (κ1) is 12.8. The highest BCUT2D eigenvalue weighted by Gasteiger charge is 2.11. The Balaban J connectivity index is 2.63. The molecule has 1 aromatic rings. The van der Waals surface area contributed by atoms with Crippen LogP contribution in [-0.2, 0) is 0 Å². The number of para-hydroxylation sites is 1. The van der Waals surface area contributed by atoms with E-state index >= 15 is 0 Å². The lowest BCUT2D eigenvalue weighted by Gasteiger charge is -2.11. The van der Waals surface area contributed by atoms with Gasteiger partial charge in [-0.1, -0.05) is 6.07 Å². The predicted molar refractivity (Wildman–Crippen MR) is 64.3 cm³/mol. The van der Waals surface area contributed by atoms with Crippen molar-refractivity contribution in [3.63, 3.8) is 0 Å². The molecule has 4 N–H and O–H groups in total. The van der Waals surface area contributed by atoms with Crippen molar-refractivity contribution in [2.45, 2.75) is 19.3 Å². The normalized spacial score (nSPS) is 9.59. The number of unbranched alkanes of at least 4 members (excludes halogenated alkanes) is 2. The van der Waals surface area contributed by atoms with E-state index in [-0.39, 0.29) is 5.56 Å². The molecule has 0 aromatic heterocycles. The second kappa shape index (κ2) is 6.38. The average molecular weight is 233 g/mol. The van der Waals surface area contributed by atoms with E-state index in [9.17, 15) is 4.79 Å². The van der Waals surface area contributed by atoms with Gasteiger partial charge >= 0.3 is 0 Å². The maximum absolute atomic E-state index is 11.2. The van der Waals surface area contributed by atoms with Crippen LogP contribution in [0.3, 0.4) is 0 Å². The second-order valence-electron chi connectivity index (χ2n) is 3.55. The number of nitrogens with zero attached hydrogens (tertiary/aromatic N) is 1. The summed E-state index contributed by atoms with van der Waals surface area (Å²) in [6.45, 7) is 0.413. The highest BCUT2D eigenvalue weighted by atomic mass is 16.5. The third kappa shape index (κ3) is 3.68. The number of carbonyl (C=O) groups is 1. The number of benzene rings is 1. The van der Waals surface area contributed by atoms with Gasteiger partial charge in [-0.25, -0.2) is 0 Å². The van der Waals surface area contributed by atoms with E-state index < -0.39 is 5.91 Å². The van der Waals surface area contributed by atoms with Crippen LogP contribution >= 0.6 is 0 Å². The number of hydrogen-bond acceptors (Lipinski definition) is 4. The van der Waals surface area contributed by atoms with Gasteiger partial charge in [0.15, 0.2) is 5.75 Å². The summed E-state index contributed by atoms with van der Waals surface area (Å²) >= 11 is 0. The largest absolute Gasteiger partial charge is 0.491 e. The van der Waals surface area contributed by atoms with Crippen LogP contribution in [0.1, 0.15) is 29.6 Å². The minimum absolute atomic E-state index is 0.283. The van der Waals surface area contributed by atoms with Crippen LogP contribution in [0.25, 0.3) is 0 Å². The van der Waals surface area contributed by atoms with Gasteiger partial charge in [-0.2, -0.15) is 5.26 Å². The minimum Gasteiger partial charge on any atom is -0.491 e. The van der Waals surface area contributed by atoms with Gasteiger partial charge in [0.05, 0.1) is 23.9 Å². The quantitative estimate of drug-likeness (QED) is 0.573. The number of ether oxygens (including phenoxy) is 1. The fourth-order valence-electron chi connectivity index (χ4n) is 1.39. The molecule has 1 amide bonds. The number of nitrogens with two attached hydrogens (primary N) is 2. The molecule has 0 fully saturated rings. The fraction of sp³-hybridized carbons (Fsp3) is 0.333. The van der Waals surface area contributed by atoms with Crippen LogP contribution in [0.5, 0.6) is 5.75 Å². The number of primary amides is 1. The minimum atomic E-state index is -0.565. The SMILES string of the molecule is N#CCCCCOc1c(N)cccc1C(N)=O. The highest BCUT2D eigenvalue weighted by Crippen LogP contribution is 2.26. The summed E-state index contributed by atoms with van der Waals surface area (Å²) in [6, 6.07) is 6.93. The predicted octanol–water partition coefficient (Wildman–Crippen LogP) is 1.44. The van der Waals surface area contributed by atoms with Gasteiger partial charge in [-0.3, -0.25) is 4.79 Å². The molecule has 1 rings (SSSR count). The first-order valence-electron chi connectivity index (χ1n) is 5.35. The van der Waals surface area contributed by atoms with Crippen LogP contribution in [0.4, 0.5) is 5.69 Å². The zero-order chi connectivity index (χ0) is 12.7. The molecule has 17 heavy (non-hydrogen) atoms. The molecule has 0 saturated heterocycles. The molecular weight excluding hydrogens is 218 g/mol. The Morgan fingerprint density at radius 2 is 2.18 bits per heavy atom. The third-order valence-electron chi connectivity index (χ3n) is 2.24. The molecule has 0 spiro atoms. The summed E-state index contributed by atoms with van der Waals surface area (Å²) in [5.74, 6) is -0.235. The van der Waals surface area contributed by atoms with Crippen LogP contribution in [0.15, 0.2) is 18.2 Å². The Labute approximate surface area is 100.0 Å². The van der Waals surface area contributed by atoms with Crippen LogP contribution < -0.4 is 16.2 Å². The Bertz CT molecular complexity index is 438. The fourth-order valence-corrected chi connectivity index (χ4v) is 1.39. The number of carbonyl (C=O) groups excluding carboxylic acids is 1. The molecule has 5 nitrogen and oxygen atoms in total. The van der Waals surface area contributed by atoms with E-state index in [1.807, 2.05) is 0 Å². The third-order valence-corrected chi connectivity index (χ3v) is 2.24. The van der Waals surface area contributed by atoms with E-state index in [2.05, 4.69) is 6.07 Å². The summed E-state index contributed by atoms with van der Waals surface area (Å²) in [7, 11) is 0. The van der Waals surface area contributed by atoms with Gasteiger partial charge < -0.3 is 16.2 Å². The summed E-state index contributed by atoms with van der Waals surface area (Å²) in [5.41, 5.74) is 11.6. The monoisotopic (exact) mass is 233 g/mol. The molecular formula is C12H15N3O2. The molecule has 0 bridgehead atoms. The smallest absolute Gasteiger partial charge is 0.252 e. The van der Waals surface area contributed by atoms with E-state index in [0.717, 1.165) is 12.8 Å². The van der Waals surface area contributed by atoms with Crippen LogP contribution in [0.2, 0.25) is 0 Å². The Kier molecular flexibility index (Phi) is 4.82. The van der Waals surface area contributed by atoms with Gasteiger partial charge in [-0.15, -0.1) is 0 Å². The number of nitriles is 1. The molecule has 1 aromatic carbocycles. The van der Waals surface area contributed by atoms with Gasteiger partial charge in [0.25, 0.3) is 5.91 Å². The Morgan fingerprint density at radius 3 is 2.82 bits per heavy atom. The van der Waals surface area contributed by atoms with E-state index in [1.54, 1.807) is 18.2 Å². The number of hydrogen-bond donors (Lipinski definition) is 2. The second-order valence-corrected chi connectivity index (χ2v) is 3.55. The van der Waals surface area contributed by atoms with Gasteiger partial charge in [0, 0.05) is 6.42 Å². The summed E-state index contributed by atoms with van der Waals surface area (Å²) < 4.78 is 5.44. The Hall–Kier alpha value is -2.22. The number of anilines is 1. The summed E-state index contributed by atoms with van der Waals surface area (Å²) in [6.07, 6.45) is 1.99. The van der Waals surface area contributed by atoms with Crippen molar-refractivity contribution in [1.82, 2.24) is 0 Å². The van der Waals surface area contributed by atoms with Gasteiger partial charge in [0.2, 0.25) is 0 Å². The highest BCUT2D eigenvalue weighted by molar-refractivity contribution is 5.97. The molecule has 5 heteroatoms. The van der Waals surface area contributed by atoms with Crippen molar-refractivity contribution in [3.05, 3.63) is 23.8 Å². The molecule has 0 atom stereocenters. The topological polar surface area (TPSA) is 102 Å². The number of amides is 1. The lowest BCUT2D eigenvalue weighted by atomic mass is 10.1. The average Bonchev–Trinajstić information content (AvgIpc) is 2.30. The van der Waals surface area contributed by atoms with Crippen molar-refractivity contribution >= 4 is 11.6 Å². The molecule has 0 aliphatic heterocycles. The first-order chi connectivity index (χ1) is 8.16. The molecule has 0 heterocycles. The zero-order valence-corrected chi connectivity index (χ0v) is 9.48. The lowest BCUT2D eigenvalue weighted by Crippen LogP contribution is -2.14. The molecule has 90 valence electrons. The summed E-state index contributed by atoms with van der Waals surface area (Å²) in [4.78, 5) is 11.2. The first-order valence-corrected chi connectivity index (χ1v) is 5.35. The van der Waals surface area contributed by atoms with Gasteiger partial charge in [-0.05, 0) is 25.0 Å². The molecule has 0 aliphatic rings. The van der Waals surface area contributed by atoms with Crippen LogP contribution in [-0.4, -0.2) is 12.5 Å². The number of nitrogen functional groups attached to an aromatic ring is 1. The van der Waals surface area contributed by atoms with E-state index in [0.29, 0.717) is 24.5 Å². The van der Waals surface area contributed by atoms with E-state index in [1.165, 1.54) is 0 Å². The number of rotatable bonds is 6. The van der Waals surface area contributed by atoms with Crippen molar-refractivity contribution < 1.29 is 9.53 Å². The van der Waals surface area contributed by atoms with Gasteiger partial charge in [0.1, 0.15) is 0 Å². The molecule has 0 radical (unpaired) electrons. The standard InChI is InChI=1S/C12H15N3O2/c13-7-2-1-3-8-17-11-9(12(15)16)5-4-6-10(11)14/h4-6H,1-3,8,14H2,(H2,15,16). The summed E-state index contributed by atoms with van der Waals surface area (Å²) in [5, 5.41) is 8.37. The van der Waals surface area contributed by atoms with Crippen molar-refractivity contribution in [1.29, 1.82) is 5.26 Å². The van der Waals surface area contributed by atoms with Crippen molar-refractivity contribution in [2.24, 2.45) is 5.73 Å². The zero-order valence-electron chi connectivity index (χ0n) is 9.48. The molecule has 0 unspecified atom stereocenters. The molecule has 0 aliphatic carbocycles. The van der Waals surface area contributed by atoms with Crippen molar-refractivity contribution in [3.8, 4) is 11.8 Å². The van der Waals surface area contributed by atoms with E-state index in [4.69, 9.17) is 21.5 Å². The van der Waals surface area contributed by atoms with Crippen molar-refractivity contribution in [2.75, 3.05) is 12.3 Å². The lowest BCUT2D eigenvalue weighted by molar-refractivity contribution is 0.0996. The molecule has 0 saturated carbocycles. The Morgan fingerprint density at radius 1 is 1.41 bits per heavy atom. The maximum atomic E-state index is 11.2.